The number of halogens is 2. The molecule has 0 saturated carbocycles. The first-order valence-corrected chi connectivity index (χ1v) is 11.4. The van der Waals surface area contributed by atoms with Gasteiger partial charge < -0.3 is 14.6 Å². The maximum atomic E-state index is 13.4. The smallest absolute Gasteiger partial charge is 0.246 e. The number of thiazole rings is 1. The Morgan fingerprint density at radius 3 is 3.03 bits per heavy atom. The van der Waals surface area contributed by atoms with E-state index in [1.807, 2.05) is 19.2 Å². The largest absolute Gasteiger partial charge is 0.579 e. The molecule has 29 heavy (non-hydrogen) atoms. The number of nitrogens with one attached hydrogen (secondary N) is 2. The summed E-state index contributed by atoms with van der Waals surface area (Å²) in [5, 5.41) is 5.25. The van der Waals surface area contributed by atoms with E-state index in [4.69, 9.17) is 16.3 Å². The van der Waals surface area contributed by atoms with Gasteiger partial charge in [0.2, 0.25) is 5.91 Å². The van der Waals surface area contributed by atoms with E-state index in [-0.39, 0.29) is 23.1 Å². The molecule has 0 spiro atoms. The van der Waals surface area contributed by atoms with Crippen LogP contribution in [0.2, 0.25) is 5.02 Å². The maximum Gasteiger partial charge on any atom is 0.246 e. The Hall–Kier alpha value is -1.27. The van der Waals surface area contributed by atoms with Gasteiger partial charge in [0.25, 0.3) is 0 Å². The fourth-order valence-corrected chi connectivity index (χ4v) is 5.10. The second-order valence-corrected chi connectivity index (χ2v) is 9.26. The van der Waals surface area contributed by atoms with E-state index in [1.54, 1.807) is 10.5 Å². The van der Waals surface area contributed by atoms with Gasteiger partial charge in [-0.15, -0.1) is 16.1 Å². The van der Waals surface area contributed by atoms with Gasteiger partial charge in [-0.25, -0.2) is 9.37 Å². The molecular formula is C18H22ClFN4O3S2. The van der Waals surface area contributed by atoms with Gasteiger partial charge in [-0.3, -0.25) is 4.79 Å². The third kappa shape index (κ3) is 5.88. The molecule has 1 fully saturated rings. The van der Waals surface area contributed by atoms with Crippen LogP contribution in [0.1, 0.15) is 31.3 Å². The van der Waals surface area contributed by atoms with E-state index in [2.05, 4.69) is 15.0 Å². The minimum atomic E-state index is -1.60. The number of hydrogen-bond donors (Lipinski definition) is 2. The normalized spacial score (nSPS) is 22.8. The number of rotatable bonds is 7. The molecule has 1 amide bonds. The predicted molar refractivity (Wildman–Crippen MR) is 112 cm³/mol. The quantitative estimate of drug-likeness (QED) is 0.616. The van der Waals surface area contributed by atoms with Gasteiger partial charge in [0, 0.05) is 23.7 Å². The van der Waals surface area contributed by atoms with Crippen LogP contribution < -0.4 is 10.0 Å². The van der Waals surface area contributed by atoms with E-state index in [9.17, 15) is 13.7 Å². The molecule has 7 nitrogen and oxygen atoms in total. The second kappa shape index (κ2) is 10.2. The van der Waals surface area contributed by atoms with Crippen LogP contribution in [0, 0.1) is 5.82 Å². The average Bonchev–Trinajstić information content (AvgIpc) is 3.20. The van der Waals surface area contributed by atoms with E-state index in [0.717, 1.165) is 5.01 Å². The van der Waals surface area contributed by atoms with E-state index < -0.39 is 23.4 Å². The molecule has 158 valence electrons. The molecule has 11 heteroatoms. The summed E-state index contributed by atoms with van der Waals surface area (Å²) in [6.07, 6.45) is 2.07. The summed E-state index contributed by atoms with van der Waals surface area (Å²) in [5.41, 5.74) is 0.370. The molecule has 3 atom stereocenters. The van der Waals surface area contributed by atoms with Gasteiger partial charge in [0.05, 0.1) is 24.3 Å². The van der Waals surface area contributed by atoms with Crippen LogP contribution in [0.3, 0.4) is 0 Å². The van der Waals surface area contributed by atoms with E-state index >= 15 is 0 Å². The Kier molecular flexibility index (Phi) is 7.85. The molecule has 1 aliphatic rings. The van der Waals surface area contributed by atoms with Gasteiger partial charge in [-0.1, -0.05) is 15.9 Å². The highest BCUT2D eigenvalue weighted by Crippen LogP contribution is 2.30. The molecule has 0 radical (unpaired) electrons. The monoisotopic (exact) mass is 460 g/mol. The van der Waals surface area contributed by atoms with Crippen molar-refractivity contribution in [2.45, 2.75) is 38.5 Å². The standard InChI is InChI=1S/C18H22ClFN4O3S2/c1-11(2)27-7-6-24-16(10-15(23-29(24)26)18-21-5-8-28-18)17(25)22-12-3-4-14(20)13(19)9-12/h3-5,8-9,11,15-16,23H,6-7,10H2,1-2H3,(H,22,25). The van der Waals surface area contributed by atoms with Crippen molar-refractivity contribution in [3.8, 4) is 0 Å². The predicted octanol–water partition coefficient (Wildman–Crippen LogP) is 3.28. The van der Waals surface area contributed by atoms with Crippen LogP contribution in [-0.4, -0.2) is 45.0 Å². The number of carbonyl (C=O) groups is 1. The number of carbonyl (C=O) groups excluding carboxylic acids is 1. The summed E-state index contributed by atoms with van der Waals surface area (Å²) in [6.45, 7) is 4.46. The van der Waals surface area contributed by atoms with E-state index in [1.165, 1.54) is 29.5 Å². The van der Waals surface area contributed by atoms with Crippen LogP contribution in [-0.2, 0) is 21.1 Å². The summed E-state index contributed by atoms with van der Waals surface area (Å²) in [5.74, 6) is -0.919. The second-order valence-electron chi connectivity index (χ2n) is 6.72. The van der Waals surface area contributed by atoms with Crippen molar-refractivity contribution in [2.75, 3.05) is 18.5 Å². The van der Waals surface area contributed by atoms with Gasteiger partial charge in [-0.2, -0.15) is 0 Å². The molecule has 1 aromatic carbocycles. The molecule has 1 aliphatic heterocycles. The number of nitrogens with zero attached hydrogens (tertiary/aromatic N) is 2. The third-order valence-electron chi connectivity index (χ3n) is 4.26. The topological polar surface area (TPSA) is 89.5 Å². The highest BCUT2D eigenvalue weighted by atomic mass is 35.5. The maximum absolute atomic E-state index is 13.4. The Morgan fingerprint density at radius 1 is 1.59 bits per heavy atom. The molecule has 0 bridgehead atoms. The molecule has 3 rings (SSSR count). The molecule has 1 saturated heterocycles. The van der Waals surface area contributed by atoms with Crippen LogP contribution in [0.4, 0.5) is 10.1 Å². The van der Waals surface area contributed by atoms with Crippen LogP contribution in [0.25, 0.3) is 0 Å². The van der Waals surface area contributed by atoms with Gasteiger partial charge in [0.15, 0.2) is 0 Å². The first-order valence-electron chi connectivity index (χ1n) is 9.06. The van der Waals surface area contributed by atoms with Gasteiger partial charge >= 0.3 is 0 Å². The summed E-state index contributed by atoms with van der Waals surface area (Å²) < 4.78 is 36.4. The molecule has 3 unspecified atom stereocenters. The number of amides is 1. The minimum absolute atomic E-state index is 0.0258. The highest BCUT2D eigenvalue weighted by Gasteiger charge is 2.44. The molecule has 2 heterocycles. The zero-order chi connectivity index (χ0) is 21.0. The molecule has 2 N–H and O–H groups in total. The van der Waals surface area contributed by atoms with Crippen molar-refractivity contribution < 1.29 is 18.5 Å². The Balaban J connectivity index is 1.77. The number of hydrogen-bond acceptors (Lipinski definition) is 7. The first-order chi connectivity index (χ1) is 13.8. The minimum Gasteiger partial charge on any atom is -0.579 e. The van der Waals surface area contributed by atoms with Crippen molar-refractivity contribution in [3.63, 3.8) is 0 Å². The Morgan fingerprint density at radius 2 is 2.38 bits per heavy atom. The Labute approximate surface area is 181 Å². The lowest BCUT2D eigenvalue weighted by Crippen LogP contribution is -2.58. The average molecular weight is 461 g/mol. The summed E-state index contributed by atoms with van der Waals surface area (Å²) >= 11 is 5.64. The molecule has 1 aromatic heterocycles. The van der Waals surface area contributed by atoms with Crippen molar-refractivity contribution >= 4 is 46.1 Å². The highest BCUT2D eigenvalue weighted by molar-refractivity contribution is 7.87. The van der Waals surface area contributed by atoms with Crippen LogP contribution in [0.15, 0.2) is 29.8 Å². The first kappa shape index (κ1) is 22.4. The zero-order valence-electron chi connectivity index (χ0n) is 15.9. The number of ether oxygens (including phenoxy) is 1. The van der Waals surface area contributed by atoms with Crippen molar-refractivity contribution in [2.24, 2.45) is 0 Å². The summed E-state index contributed by atoms with van der Waals surface area (Å²) in [4.78, 5) is 17.3. The van der Waals surface area contributed by atoms with Crippen molar-refractivity contribution in [3.05, 3.63) is 45.6 Å². The van der Waals surface area contributed by atoms with E-state index in [0.29, 0.717) is 25.3 Å². The van der Waals surface area contributed by atoms with Gasteiger partial charge in [-0.05, 0) is 32.0 Å². The van der Waals surface area contributed by atoms with Crippen molar-refractivity contribution in [1.82, 2.24) is 14.0 Å². The SMILES string of the molecule is CC(C)OCCN1C(C(=O)Nc2ccc(F)c(Cl)c2)CC(c2nccs2)N[S+]1[O-]. The fraction of sp³-hybridized carbons (Fsp3) is 0.444. The Bertz CT molecular complexity index is 827. The van der Waals surface area contributed by atoms with Crippen LogP contribution in [0.5, 0.6) is 0 Å². The number of aromatic nitrogens is 1. The molecule has 0 aliphatic carbocycles. The fourth-order valence-electron chi connectivity index (χ4n) is 2.91. The number of benzene rings is 1. The molecule has 2 aromatic rings. The molecular weight excluding hydrogens is 439 g/mol. The number of anilines is 1. The van der Waals surface area contributed by atoms with Gasteiger partial charge in [0.1, 0.15) is 34.5 Å². The zero-order valence-corrected chi connectivity index (χ0v) is 18.3. The lowest BCUT2D eigenvalue weighted by Gasteiger charge is -2.37. The third-order valence-corrected chi connectivity index (χ3v) is 6.79. The van der Waals surface area contributed by atoms with Crippen molar-refractivity contribution in [1.29, 1.82) is 0 Å². The van der Waals surface area contributed by atoms with Crippen LogP contribution >= 0.6 is 22.9 Å². The lowest BCUT2D eigenvalue weighted by atomic mass is 10.1. The summed E-state index contributed by atoms with van der Waals surface area (Å²) in [6, 6.07) is 2.96. The lowest BCUT2D eigenvalue weighted by molar-refractivity contribution is -0.120. The summed E-state index contributed by atoms with van der Waals surface area (Å²) in [7, 11) is 0.